The van der Waals surface area contributed by atoms with Crippen molar-refractivity contribution in [2.45, 2.75) is 43.7 Å². The fourth-order valence-corrected chi connectivity index (χ4v) is 3.66. The molecule has 0 aromatic carbocycles. The number of pyridine rings is 1. The molecule has 4 heteroatoms. The molecule has 3 aliphatic rings. The number of anilines is 1. The van der Waals surface area contributed by atoms with Crippen molar-refractivity contribution >= 4 is 5.82 Å². The summed E-state index contributed by atoms with van der Waals surface area (Å²) in [6.45, 7) is 2.11. The molecule has 3 fully saturated rings. The molecule has 1 saturated carbocycles. The number of nitriles is 1. The molecule has 0 spiro atoms. The largest absolute Gasteiger partial charge is 0.348 e. The molecule has 19 heavy (non-hydrogen) atoms. The standard InChI is InChI=1S/C15H18N4/c16-7-11-5-6-18-15(14(11)10-1-2-10)19-12-3-4-13(19)9-17-8-12/h5-6,10,12-13,17H,1-4,8-9H2. The second-order valence-corrected chi connectivity index (χ2v) is 5.93. The number of fused-ring (bicyclic) bond motifs is 2. The Labute approximate surface area is 113 Å². The highest BCUT2D eigenvalue weighted by Gasteiger charge is 2.40. The molecule has 2 unspecified atom stereocenters. The van der Waals surface area contributed by atoms with E-state index < -0.39 is 0 Å². The molecule has 1 aromatic heterocycles. The Morgan fingerprint density at radius 1 is 1.21 bits per heavy atom. The summed E-state index contributed by atoms with van der Waals surface area (Å²) in [4.78, 5) is 7.17. The number of hydrogen-bond donors (Lipinski definition) is 1. The minimum atomic E-state index is 0.567. The quantitative estimate of drug-likeness (QED) is 0.874. The molecular formula is C15H18N4. The van der Waals surface area contributed by atoms with Crippen LogP contribution in [0.25, 0.3) is 0 Å². The number of nitrogens with one attached hydrogen (secondary N) is 1. The molecule has 1 aromatic rings. The molecule has 1 aliphatic carbocycles. The minimum Gasteiger partial charge on any atom is -0.348 e. The third-order valence-electron chi connectivity index (χ3n) is 4.70. The van der Waals surface area contributed by atoms with Crippen molar-refractivity contribution in [3.05, 3.63) is 23.4 Å². The Kier molecular flexibility index (Phi) is 2.49. The van der Waals surface area contributed by atoms with Crippen LogP contribution < -0.4 is 10.2 Å². The summed E-state index contributed by atoms with van der Waals surface area (Å²) in [5.74, 6) is 1.68. The first-order chi connectivity index (χ1) is 9.38. The van der Waals surface area contributed by atoms with Crippen LogP contribution in [0.1, 0.15) is 42.7 Å². The number of nitrogens with zero attached hydrogens (tertiary/aromatic N) is 3. The predicted octanol–water partition coefficient (Wildman–Crippen LogP) is 1.77. The molecule has 2 atom stereocenters. The lowest BCUT2D eigenvalue weighted by Gasteiger charge is -2.37. The highest BCUT2D eigenvalue weighted by Crippen LogP contribution is 2.47. The predicted molar refractivity (Wildman–Crippen MR) is 73.1 cm³/mol. The molecule has 3 heterocycles. The van der Waals surface area contributed by atoms with Crippen LogP contribution in [0.5, 0.6) is 0 Å². The van der Waals surface area contributed by atoms with Crippen LogP contribution in [-0.2, 0) is 0 Å². The summed E-state index contributed by atoms with van der Waals surface area (Å²) >= 11 is 0. The molecule has 0 amide bonds. The number of rotatable bonds is 2. The Morgan fingerprint density at radius 3 is 2.58 bits per heavy atom. The van der Waals surface area contributed by atoms with Gasteiger partial charge in [-0.05, 0) is 37.7 Å². The van der Waals surface area contributed by atoms with Crippen LogP contribution in [-0.4, -0.2) is 30.2 Å². The van der Waals surface area contributed by atoms with Crippen molar-refractivity contribution in [3.8, 4) is 6.07 Å². The number of aromatic nitrogens is 1. The lowest BCUT2D eigenvalue weighted by molar-refractivity contribution is 0.480. The maximum Gasteiger partial charge on any atom is 0.133 e. The van der Waals surface area contributed by atoms with Gasteiger partial charge in [-0.1, -0.05) is 0 Å². The molecule has 2 saturated heterocycles. The van der Waals surface area contributed by atoms with E-state index in [0.717, 1.165) is 24.5 Å². The monoisotopic (exact) mass is 254 g/mol. The van der Waals surface area contributed by atoms with Crippen molar-refractivity contribution < 1.29 is 0 Å². The first-order valence-electron chi connectivity index (χ1n) is 7.26. The van der Waals surface area contributed by atoms with Crippen molar-refractivity contribution in [1.82, 2.24) is 10.3 Å². The zero-order valence-electron chi connectivity index (χ0n) is 11.0. The van der Waals surface area contributed by atoms with Crippen LogP contribution >= 0.6 is 0 Å². The highest BCUT2D eigenvalue weighted by molar-refractivity contribution is 5.59. The van der Waals surface area contributed by atoms with Crippen molar-refractivity contribution in [1.29, 1.82) is 5.26 Å². The molecule has 2 bridgehead atoms. The Morgan fingerprint density at radius 2 is 1.95 bits per heavy atom. The highest BCUT2D eigenvalue weighted by atomic mass is 15.3. The van der Waals surface area contributed by atoms with E-state index in [1.54, 1.807) is 6.20 Å². The van der Waals surface area contributed by atoms with Gasteiger partial charge in [0.25, 0.3) is 0 Å². The Bertz CT molecular complexity index is 528. The second-order valence-electron chi connectivity index (χ2n) is 5.93. The van der Waals surface area contributed by atoms with Gasteiger partial charge in [-0.2, -0.15) is 5.26 Å². The van der Waals surface area contributed by atoms with E-state index in [1.807, 2.05) is 6.07 Å². The topological polar surface area (TPSA) is 52.0 Å². The van der Waals surface area contributed by atoms with Gasteiger partial charge in [-0.3, -0.25) is 0 Å². The summed E-state index contributed by atoms with van der Waals surface area (Å²) < 4.78 is 0. The van der Waals surface area contributed by atoms with Crippen molar-refractivity contribution in [2.24, 2.45) is 0 Å². The molecule has 2 aliphatic heterocycles. The van der Waals surface area contributed by atoms with Crippen molar-refractivity contribution in [2.75, 3.05) is 18.0 Å². The van der Waals surface area contributed by atoms with Gasteiger partial charge in [-0.25, -0.2) is 4.98 Å². The Balaban J connectivity index is 1.81. The van der Waals surface area contributed by atoms with E-state index in [0.29, 0.717) is 18.0 Å². The van der Waals surface area contributed by atoms with Gasteiger partial charge >= 0.3 is 0 Å². The molecule has 4 nitrogen and oxygen atoms in total. The van der Waals surface area contributed by atoms with E-state index in [-0.39, 0.29) is 0 Å². The summed E-state index contributed by atoms with van der Waals surface area (Å²) in [7, 11) is 0. The number of piperazine rings is 1. The first kappa shape index (κ1) is 11.2. The smallest absolute Gasteiger partial charge is 0.133 e. The van der Waals surface area contributed by atoms with E-state index in [2.05, 4.69) is 21.3 Å². The molecule has 4 rings (SSSR count). The van der Waals surface area contributed by atoms with Crippen LogP contribution in [0.15, 0.2) is 12.3 Å². The van der Waals surface area contributed by atoms with Gasteiger partial charge < -0.3 is 10.2 Å². The second kappa shape index (κ2) is 4.21. The number of hydrogen-bond acceptors (Lipinski definition) is 4. The van der Waals surface area contributed by atoms with Gasteiger partial charge in [0.1, 0.15) is 5.82 Å². The van der Waals surface area contributed by atoms with Crippen LogP contribution in [0.3, 0.4) is 0 Å². The average Bonchev–Trinajstić information content (AvgIpc) is 3.25. The van der Waals surface area contributed by atoms with Crippen LogP contribution in [0.2, 0.25) is 0 Å². The Hall–Kier alpha value is -1.60. The fraction of sp³-hybridized carbons (Fsp3) is 0.600. The van der Waals surface area contributed by atoms with E-state index in [4.69, 9.17) is 0 Å². The van der Waals surface area contributed by atoms with Gasteiger partial charge in [0.05, 0.1) is 11.6 Å². The summed E-state index contributed by atoms with van der Waals surface area (Å²) in [5.41, 5.74) is 2.06. The zero-order chi connectivity index (χ0) is 12.8. The van der Waals surface area contributed by atoms with E-state index in [1.165, 1.54) is 31.2 Å². The first-order valence-corrected chi connectivity index (χ1v) is 7.26. The van der Waals surface area contributed by atoms with Gasteiger partial charge in [-0.15, -0.1) is 0 Å². The summed E-state index contributed by atoms with van der Waals surface area (Å²) in [5, 5.41) is 12.9. The van der Waals surface area contributed by atoms with Gasteiger partial charge in [0, 0.05) is 36.9 Å². The minimum absolute atomic E-state index is 0.567. The molecule has 1 N–H and O–H groups in total. The maximum absolute atomic E-state index is 9.36. The lowest BCUT2D eigenvalue weighted by atomic mass is 10.0. The fourth-order valence-electron chi connectivity index (χ4n) is 3.66. The SMILES string of the molecule is N#Cc1ccnc(N2C3CCC2CNC3)c1C1CC1. The lowest BCUT2D eigenvalue weighted by Crippen LogP contribution is -2.52. The molecule has 98 valence electrons. The maximum atomic E-state index is 9.36. The third-order valence-corrected chi connectivity index (χ3v) is 4.70. The average molecular weight is 254 g/mol. The van der Waals surface area contributed by atoms with Gasteiger partial charge in [0.2, 0.25) is 0 Å². The van der Waals surface area contributed by atoms with Crippen LogP contribution in [0.4, 0.5) is 5.82 Å². The normalized spacial score (nSPS) is 29.3. The summed E-state index contributed by atoms with van der Waals surface area (Å²) in [6.07, 6.45) is 6.74. The van der Waals surface area contributed by atoms with Crippen molar-refractivity contribution in [3.63, 3.8) is 0 Å². The van der Waals surface area contributed by atoms with Crippen LogP contribution in [0, 0.1) is 11.3 Å². The van der Waals surface area contributed by atoms with E-state index in [9.17, 15) is 5.26 Å². The van der Waals surface area contributed by atoms with E-state index >= 15 is 0 Å². The zero-order valence-corrected chi connectivity index (χ0v) is 11.0. The van der Waals surface area contributed by atoms with Gasteiger partial charge in [0.15, 0.2) is 0 Å². The molecule has 0 radical (unpaired) electrons. The third kappa shape index (κ3) is 1.73. The molecular weight excluding hydrogens is 236 g/mol. The summed E-state index contributed by atoms with van der Waals surface area (Å²) in [6, 6.07) is 5.38.